The maximum Gasteiger partial charge on any atom is 0.320 e. The first kappa shape index (κ1) is 11.0. The number of hydrogen-bond acceptors (Lipinski definition) is 5. The van der Waals surface area contributed by atoms with Gasteiger partial charge in [-0.05, 0) is 13.0 Å². The molecule has 5 heteroatoms. The Kier molecular flexibility index (Phi) is 3.63. The largest absolute Gasteiger partial charge is 0.506 e. The number of ether oxygens (including phenoxy) is 1. The van der Waals surface area contributed by atoms with E-state index in [9.17, 15) is 9.90 Å². The lowest BCUT2D eigenvalue weighted by Crippen LogP contribution is -2.03. The third kappa shape index (κ3) is 2.95. The number of aryl methyl sites for hydroxylation is 1. The number of nitriles is 1. The van der Waals surface area contributed by atoms with Crippen molar-refractivity contribution in [1.29, 1.82) is 5.26 Å². The molecular formula is C10H10N2O3. The second-order valence-electron chi connectivity index (χ2n) is 2.90. The summed E-state index contributed by atoms with van der Waals surface area (Å²) in [5.41, 5.74) is 0.956. The molecule has 0 unspecified atom stereocenters. The quantitative estimate of drug-likeness (QED) is 0.747. The third-order valence-electron chi connectivity index (χ3n) is 1.80. The van der Waals surface area contributed by atoms with Crippen molar-refractivity contribution < 1.29 is 14.6 Å². The summed E-state index contributed by atoms with van der Waals surface area (Å²) in [5, 5.41) is 17.7. The van der Waals surface area contributed by atoms with E-state index >= 15 is 0 Å². The molecule has 1 rings (SSSR count). The van der Waals surface area contributed by atoms with E-state index in [2.05, 4.69) is 4.98 Å². The molecule has 1 heterocycles. The summed E-state index contributed by atoms with van der Waals surface area (Å²) in [6, 6.07) is 3.24. The highest BCUT2D eigenvalue weighted by Gasteiger charge is 2.07. The van der Waals surface area contributed by atoms with Crippen LogP contribution in [0.5, 0.6) is 5.75 Å². The van der Waals surface area contributed by atoms with Gasteiger partial charge >= 0.3 is 5.97 Å². The van der Waals surface area contributed by atoms with E-state index < -0.39 is 5.97 Å². The fraction of sp³-hybridized carbons (Fsp3) is 0.300. The van der Waals surface area contributed by atoms with Crippen LogP contribution in [-0.4, -0.2) is 16.1 Å². The molecular weight excluding hydrogens is 196 g/mol. The topological polar surface area (TPSA) is 83.2 Å². The van der Waals surface area contributed by atoms with Gasteiger partial charge in [0.2, 0.25) is 0 Å². The Bertz CT molecular complexity index is 410. The van der Waals surface area contributed by atoms with E-state index in [0.29, 0.717) is 11.3 Å². The van der Waals surface area contributed by atoms with Gasteiger partial charge in [-0.25, -0.2) is 0 Å². The van der Waals surface area contributed by atoms with Gasteiger partial charge in [0, 0.05) is 11.8 Å². The molecule has 0 fully saturated rings. The Morgan fingerprint density at radius 3 is 3.13 bits per heavy atom. The van der Waals surface area contributed by atoms with Crippen molar-refractivity contribution in [2.75, 3.05) is 0 Å². The van der Waals surface area contributed by atoms with Crippen LogP contribution in [0.3, 0.4) is 0 Å². The second-order valence-corrected chi connectivity index (χ2v) is 2.90. The molecule has 78 valence electrons. The Labute approximate surface area is 86.9 Å². The number of nitrogens with zero attached hydrogens (tertiary/aromatic N) is 2. The number of carbonyl (C=O) groups is 1. The maximum atomic E-state index is 10.9. The fourth-order valence-corrected chi connectivity index (χ4v) is 1.00. The van der Waals surface area contributed by atoms with Gasteiger partial charge in [0.15, 0.2) is 0 Å². The van der Waals surface area contributed by atoms with E-state index in [1.54, 1.807) is 19.1 Å². The standard InChI is InChI=1S/C10H10N2O3/c1-7-10(14)8(3-5-12-7)6-15-9(13)2-4-11/h3,5,14H,2,6H2,1H3. The number of hydrogen-bond donors (Lipinski definition) is 1. The van der Waals surface area contributed by atoms with Gasteiger partial charge in [0.05, 0.1) is 11.8 Å². The molecule has 15 heavy (non-hydrogen) atoms. The predicted molar refractivity (Wildman–Crippen MR) is 50.7 cm³/mol. The number of carbonyl (C=O) groups excluding carboxylic acids is 1. The molecule has 0 aliphatic rings. The molecule has 0 amide bonds. The smallest absolute Gasteiger partial charge is 0.320 e. The summed E-state index contributed by atoms with van der Waals surface area (Å²) in [5.74, 6) is -0.589. The van der Waals surface area contributed by atoms with Crippen LogP contribution in [0.2, 0.25) is 0 Å². The van der Waals surface area contributed by atoms with Gasteiger partial charge in [-0.2, -0.15) is 5.26 Å². The summed E-state index contributed by atoms with van der Waals surface area (Å²) in [6.45, 7) is 1.60. The van der Waals surface area contributed by atoms with Crippen LogP contribution in [0.1, 0.15) is 17.7 Å². The molecule has 0 spiro atoms. The lowest BCUT2D eigenvalue weighted by molar-refractivity contribution is -0.143. The molecule has 0 saturated carbocycles. The molecule has 0 atom stereocenters. The van der Waals surface area contributed by atoms with Crippen molar-refractivity contribution >= 4 is 5.97 Å². The molecule has 0 radical (unpaired) electrons. The number of aromatic nitrogens is 1. The van der Waals surface area contributed by atoms with Crippen molar-refractivity contribution in [3.05, 3.63) is 23.5 Å². The highest BCUT2D eigenvalue weighted by molar-refractivity contribution is 5.71. The summed E-state index contributed by atoms with van der Waals surface area (Å²) < 4.78 is 4.76. The fourth-order valence-electron chi connectivity index (χ4n) is 1.00. The molecule has 0 aliphatic carbocycles. The zero-order chi connectivity index (χ0) is 11.3. The summed E-state index contributed by atoms with van der Waals surface area (Å²) >= 11 is 0. The lowest BCUT2D eigenvalue weighted by Gasteiger charge is -2.06. The van der Waals surface area contributed by atoms with Crippen molar-refractivity contribution in [3.8, 4) is 11.8 Å². The number of rotatable bonds is 3. The average Bonchev–Trinajstić information content (AvgIpc) is 2.21. The van der Waals surface area contributed by atoms with Crippen LogP contribution in [0, 0.1) is 18.3 Å². The monoisotopic (exact) mass is 206 g/mol. The highest BCUT2D eigenvalue weighted by Crippen LogP contribution is 2.19. The van der Waals surface area contributed by atoms with Gasteiger partial charge in [0.25, 0.3) is 0 Å². The Morgan fingerprint density at radius 1 is 1.73 bits per heavy atom. The molecule has 0 aromatic carbocycles. The van der Waals surface area contributed by atoms with Crippen LogP contribution in [0.25, 0.3) is 0 Å². The molecule has 0 saturated heterocycles. The van der Waals surface area contributed by atoms with Crippen LogP contribution in [0.15, 0.2) is 12.3 Å². The molecule has 1 aromatic rings. The number of esters is 1. The van der Waals surface area contributed by atoms with Gasteiger partial charge in [-0.1, -0.05) is 0 Å². The zero-order valence-electron chi connectivity index (χ0n) is 8.23. The highest BCUT2D eigenvalue weighted by atomic mass is 16.5. The first-order valence-corrected chi connectivity index (χ1v) is 4.31. The summed E-state index contributed by atoms with van der Waals surface area (Å²) in [4.78, 5) is 14.7. The zero-order valence-corrected chi connectivity index (χ0v) is 8.23. The van der Waals surface area contributed by atoms with Crippen molar-refractivity contribution in [3.63, 3.8) is 0 Å². The van der Waals surface area contributed by atoms with Crippen molar-refractivity contribution in [2.45, 2.75) is 20.0 Å². The number of pyridine rings is 1. The van der Waals surface area contributed by atoms with E-state index in [1.807, 2.05) is 0 Å². The summed E-state index contributed by atoms with van der Waals surface area (Å²) in [7, 11) is 0. The van der Waals surface area contributed by atoms with Crippen LogP contribution >= 0.6 is 0 Å². The molecule has 5 nitrogen and oxygen atoms in total. The number of aromatic hydroxyl groups is 1. The average molecular weight is 206 g/mol. The molecule has 0 bridgehead atoms. The van der Waals surface area contributed by atoms with Gasteiger partial charge < -0.3 is 9.84 Å². The second kappa shape index (κ2) is 4.96. The molecule has 1 N–H and O–H groups in total. The minimum absolute atomic E-state index is 0.0160. The first-order valence-electron chi connectivity index (χ1n) is 4.31. The van der Waals surface area contributed by atoms with Crippen LogP contribution in [-0.2, 0) is 16.1 Å². The van der Waals surface area contributed by atoms with Crippen molar-refractivity contribution in [1.82, 2.24) is 4.98 Å². The maximum absolute atomic E-state index is 10.9. The minimum atomic E-state index is -0.605. The lowest BCUT2D eigenvalue weighted by atomic mass is 10.2. The third-order valence-corrected chi connectivity index (χ3v) is 1.80. The van der Waals surface area contributed by atoms with E-state index in [0.717, 1.165) is 0 Å². The van der Waals surface area contributed by atoms with Gasteiger partial charge in [-0.3, -0.25) is 9.78 Å². The molecule has 1 aromatic heterocycles. The van der Waals surface area contributed by atoms with E-state index in [-0.39, 0.29) is 18.8 Å². The Morgan fingerprint density at radius 2 is 2.47 bits per heavy atom. The predicted octanol–water partition coefficient (Wildman–Crippen LogP) is 1.05. The van der Waals surface area contributed by atoms with Crippen molar-refractivity contribution in [2.24, 2.45) is 0 Å². The summed E-state index contributed by atoms with van der Waals surface area (Å²) in [6.07, 6.45) is 1.23. The van der Waals surface area contributed by atoms with E-state index in [1.165, 1.54) is 6.20 Å². The SMILES string of the molecule is Cc1nccc(COC(=O)CC#N)c1O. The minimum Gasteiger partial charge on any atom is -0.506 e. The Hall–Kier alpha value is -2.09. The Balaban J connectivity index is 2.63. The molecule has 0 aliphatic heterocycles. The normalized spacial score (nSPS) is 9.33. The van der Waals surface area contributed by atoms with Crippen LogP contribution in [0.4, 0.5) is 0 Å². The first-order chi connectivity index (χ1) is 7.15. The van der Waals surface area contributed by atoms with E-state index in [4.69, 9.17) is 10.00 Å². The van der Waals surface area contributed by atoms with Crippen LogP contribution < -0.4 is 0 Å². The van der Waals surface area contributed by atoms with Gasteiger partial charge in [-0.15, -0.1) is 0 Å². The van der Waals surface area contributed by atoms with Gasteiger partial charge in [0.1, 0.15) is 18.8 Å².